The topological polar surface area (TPSA) is 42.0 Å². The fraction of sp³-hybridized carbons (Fsp3) is 0.143. The predicted molar refractivity (Wildman–Crippen MR) is 78.7 cm³/mol. The Morgan fingerprint density at radius 3 is 2.76 bits per heavy atom. The van der Waals surface area contributed by atoms with Crippen molar-refractivity contribution < 1.29 is 13.6 Å². The normalized spacial score (nSPS) is 10.7. The van der Waals surface area contributed by atoms with Crippen molar-refractivity contribution >= 4 is 29.3 Å². The molecule has 0 aliphatic heterocycles. The van der Waals surface area contributed by atoms with Crippen LogP contribution in [0.15, 0.2) is 47.6 Å². The number of rotatable bonds is 5. The van der Waals surface area contributed by atoms with Gasteiger partial charge in [-0.05, 0) is 35.5 Å². The van der Waals surface area contributed by atoms with Gasteiger partial charge in [-0.25, -0.2) is 4.98 Å². The second kappa shape index (κ2) is 7.38. The molecule has 0 aliphatic carbocycles. The maximum atomic E-state index is 12.4. The lowest BCUT2D eigenvalue weighted by molar-refractivity contribution is 0.0947. The molecule has 0 bridgehead atoms. The second-order valence-electron chi connectivity index (χ2n) is 4.01. The first-order valence-electron chi connectivity index (χ1n) is 5.99. The number of nitrogens with zero attached hydrogens (tertiary/aromatic N) is 1. The van der Waals surface area contributed by atoms with E-state index >= 15 is 0 Å². The lowest BCUT2D eigenvalue weighted by Crippen LogP contribution is -2.23. The smallest absolute Gasteiger partial charge is 0.290 e. The van der Waals surface area contributed by atoms with Crippen LogP contribution in [0.5, 0.6) is 0 Å². The highest BCUT2D eigenvalue weighted by atomic mass is 35.5. The number of aromatic nitrogens is 1. The number of thioether (sulfide) groups is 1. The molecule has 110 valence electrons. The molecule has 0 spiro atoms. The first kappa shape index (κ1) is 15.7. The second-order valence-corrected chi connectivity index (χ2v) is 5.39. The highest BCUT2D eigenvalue weighted by Gasteiger charge is 2.16. The van der Waals surface area contributed by atoms with Crippen molar-refractivity contribution in [3.05, 3.63) is 58.7 Å². The van der Waals surface area contributed by atoms with Gasteiger partial charge in [0.1, 0.15) is 5.03 Å². The van der Waals surface area contributed by atoms with E-state index in [9.17, 15) is 13.6 Å². The van der Waals surface area contributed by atoms with Crippen LogP contribution in [0, 0.1) is 0 Å². The molecule has 0 radical (unpaired) electrons. The van der Waals surface area contributed by atoms with Gasteiger partial charge in [-0.1, -0.05) is 29.8 Å². The lowest BCUT2D eigenvalue weighted by atomic mass is 10.2. The van der Waals surface area contributed by atoms with Crippen LogP contribution in [-0.4, -0.2) is 16.6 Å². The quantitative estimate of drug-likeness (QED) is 0.844. The monoisotopic (exact) mass is 328 g/mol. The fourth-order valence-electron chi connectivity index (χ4n) is 1.65. The molecule has 0 saturated heterocycles. The van der Waals surface area contributed by atoms with Crippen molar-refractivity contribution in [2.45, 2.75) is 17.3 Å². The third-order valence-electron chi connectivity index (χ3n) is 2.61. The zero-order chi connectivity index (χ0) is 15.2. The Balaban J connectivity index is 2.09. The van der Waals surface area contributed by atoms with Crippen molar-refractivity contribution in [2.24, 2.45) is 0 Å². The average Bonchev–Trinajstić information content (AvgIpc) is 2.46. The molecule has 0 aliphatic rings. The Morgan fingerprint density at radius 2 is 2.05 bits per heavy atom. The number of carbonyl (C=O) groups excluding carboxylic acids is 1. The van der Waals surface area contributed by atoms with Gasteiger partial charge >= 0.3 is 0 Å². The lowest BCUT2D eigenvalue weighted by Gasteiger charge is -2.09. The Bertz CT molecular complexity index is 640. The molecule has 3 nitrogen and oxygen atoms in total. The molecule has 21 heavy (non-hydrogen) atoms. The molecule has 1 N–H and O–H groups in total. The molecule has 0 fully saturated rings. The van der Waals surface area contributed by atoms with Crippen LogP contribution in [0.2, 0.25) is 5.02 Å². The van der Waals surface area contributed by atoms with E-state index in [0.29, 0.717) is 5.02 Å². The molecule has 1 amide bonds. The number of alkyl halides is 2. The number of amides is 1. The minimum absolute atomic E-state index is 0.00385. The van der Waals surface area contributed by atoms with E-state index in [-0.39, 0.29) is 28.9 Å². The van der Waals surface area contributed by atoms with E-state index in [1.54, 1.807) is 24.3 Å². The molecule has 0 saturated carbocycles. The summed E-state index contributed by atoms with van der Waals surface area (Å²) in [6.07, 6.45) is 1.37. The molecule has 0 unspecified atom stereocenters. The van der Waals surface area contributed by atoms with Crippen molar-refractivity contribution in [1.29, 1.82) is 0 Å². The van der Waals surface area contributed by atoms with Gasteiger partial charge in [0.25, 0.3) is 11.7 Å². The molecule has 2 aromatic rings. The number of nitrogens with one attached hydrogen (secondary N) is 1. The molecule has 2 rings (SSSR count). The Morgan fingerprint density at radius 1 is 1.29 bits per heavy atom. The summed E-state index contributed by atoms with van der Waals surface area (Å²) in [5.41, 5.74) is 0.870. The van der Waals surface area contributed by atoms with Crippen molar-refractivity contribution in [2.75, 3.05) is 0 Å². The SMILES string of the molecule is O=C(NCc1ccccc1Cl)c1cccnc1SC(F)F. The van der Waals surface area contributed by atoms with E-state index in [2.05, 4.69) is 10.3 Å². The summed E-state index contributed by atoms with van der Waals surface area (Å²) in [5, 5.41) is 3.19. The molecular formula is C14H11ClF2N2OS. The molecule has 1 heterocycles. The van der Waals surface area contributed by atoms with Crippen molar-refractivity contribution in [1.82, 2.24) is 10.3 Å². The molecule has 1 aromatic carbocycles. The molecule has 1 aromatic heterocycles. The van der Waals surface area contributed by atoms with Crippen molar-refractivity contribution in [3.8, 4) is 0 Å². The average molecular weight is 329 g/mol. The number of halogens is 3. The number of hydrogen-bond donors (Lipinski definition) is 1. The Hall–Kier alpha value is -1.66. The van der Waals surface area contributed by atoms with Gasteiger partial charge in [0.2, 0.25) is 0 Å². The van der Waals surface area contributed by atoms with Crippen LogP contribution in [0.3, 0.4) is 0 Å². The van der Waals surface area contributed by atoms with Crippen LogP contribution in [0.4, 0.5) is 8.78 Å². The van der Waals surface area contributed by atoms with Crippen molar-refractivity contribution in [3.63, 3.8) is 0 Å². The Kier molecular flexibility index (Phi) is 5.52. The van der Waals surface area contributed by atoms with Gasteiger partial charge < -0.3 is 5.32 Å². The molecular weight excluding hydrogens is 318 g/mol. The summed E-state index contributed by atoms with van der Waals surface area (Å²) in [4.78, 5) is 15.9. The summed E-state index contributed by atoms with van der Waals surface area (Å²) in [5.74, 6) is -3.10. The van der Waals surface area contributed by atoms with Gasteiger partial charge in [-0.3, -0.25) is 4.79 Å². The largest absolute Gasteiger partial charge is 0.348 e. The van der Waals surface area contributed by atoms with E-state index in [1.807, 2.05) is 0 Å². The Labute approximate surface area is 129 Å². The van der Waals surface area contributed by atoms with Gasteiger partial charge in [0, 0.05) is 17.8 Å². The maximum Gasteiger partial charge on any atom is 0.290 e. The van der Waals surface area contributed by atoms with E-state index in [4.69, 9.17) is 11.6 Å². The summed E-state index contributed by atoms with van der Waals surface area (Å²) in [6.45, 7) is 0.214. The summed E-state index contributed by atoms with van der Waals surface area (Å²) >= 11 is 6.23. The van der Waals surface area contributed by atoms with Crippen LogP contribution < -0.4 is 5.32 Å². The highest BCUT2D eigenvalue weighted by molar-refractivity contribution is 7.99. The summed E-state index contributed by atoms with van der Waals surface area (Å²) in [6, 6.07) is 10.1. The third-order valence-corrected chi connectivity index (χ3v) is 3.71. The number of carbonyl (C=O) groups is 1. The van der Waals surface area contributed by atoms with Gasteiger partial charge in [-0.15, -0.1) is 0 Å². The summed E-state index contributed by atoms with van der Waals surface area (Å²) in [7, 11) is 0. The number of pyridine rings is 1. The highest BCUT2D eigenvalue weighted by Crippen LogP contribution is 2.26. The predicted octanol–water partition coefficient (Wildman–Crippen LogP) is 3.98. The molecule has 7 heteroatoms. The van der Waals surface area contributed by atoms with Crippen LogP contribution in [0.25, 0.3) is 0 Å². The van der Waals surface area contributed by atoms with Crippen LogP contribution in [0.1, 0.15) is 15.9 Å². The first-order chi connectivity index (χ1) is 10.1. The maximum absolute atomic E-state index is 12.4. The zero-order valence-electron chi connectivity index (χ0n) is 10.7. The van der Waals surface area contributed by atoms with Crippen LogP contribution >= 0.6 is 23.4 Å². The van der Waals surface area contributed by atoms with Crippen LogP contribution in [-0.2, 0) is 6.54 Å². The first-order valence-corrected chi connectivity index (χ1v) is 7.25. The zero-order valence-corrected chi connectivity index (χ0v) is 12.3. The van der Waals surface area contributed by atoms with Gasteiger partial charge in [0.05, 0.1) is 5.56 Å². The molecule has 0 atom stereocenters. The number of hydrogen-bond acceptors (Lipinski definition) is 3. The van der Waals surface area contributed by atoms with Gasteiger partial charge in [-0.2, -0.15) is 8.78 Å². The fourth-order valence-corrected chi connectivity index (χ4v) is 2.44. The van der Waals surface area contributed by atoms with E-state index in [1.165, 1.54) is 18.3 Å². The minimum atomic E-state index is -2.63. The minimum Gasteiger partial charge on any atom is -0.348 e. The van der Waals surface area contributed by atoms with Gasteiger partial charge in [0.15, 0.2) is 0 Å². The summed E-state index contributed by atoms with van der Waals surface area (Å²) < 4.78 is 24.9. The van der Waals surface area contributed by atoms with E-state index < -0.39 is 11.7 Å². The third kappa shape index (κ3) is 4.41. The number of benzene rings is 1. The van der Waals surface area contributed by atoms with E-state index in [0.717, 1.165) is 5.56 Å². The standard InChI is InChI=1S/C14H11ClF2N2OS/c15-11-6-2-1-4-9(11)8-19-12(20)10-5-3-7-18-13(10)21-14(16)17/h1-7,14H,8H2,(H,19,20).